The minimum atomic E-state index is -1.31. The Bertz CT molecular complexity index is 1200. The van der Waals surface area contributed by atoms with Gasteiger partial charge in [0.25, 0.3) is 0 Å². The zero-order chi connectivity index (χ0) is 24.6. The quantitative estimate of drug-likeness (QED) is 0.337. The van der Waals surface area contributed by atoms with Crippen LogP contribution in [0, 0.1) is 29.2 Å². The maximum absolute atomic E-state index is 14.6. The van der Waals surface area contributed by atoms with Crippen molar-refractivity contribution in [3.05, 3.63) is 75.2 Å². The third-order valence-corrected chi connectivity index (χ3v) is 6.44. The molecule has 1 aliphatic heterocycles. The smallest absolute Gasteiger partial charge is 0.338 e. The minimum absolute atomic E-state index is 0. The van der Waals surface area contributed by atoms with Crippen molar-refractivity contribution >= 4 is 35.8 Å². The lowest BCUT2D eigenvalue weighted by Crippen LogP contribution is -2.39. The molecule has 1 aromatic carbocycles. The highest BCUT2D eigenvalue weighted by Crippen LogP contribution is 2.41. The molecule has 0 radical (unpaired) electrons. The topological polar surface area (TPSA) is 89.6 Å². The van der Waals surface area contributed by atoms with Crippen molar-refractivity contribution in [3.63, 3.8) is 0 Å². The standard InChI is InChI=1S/C23H21ClF4N4O2.ClH/c1-34-23(33)16-19(10-2-4-12(29)5-3-10)31-22(21-15(27)8-11(25)9-30-21)32-20(16)13-6-7-14(26)18(28)17(13)24;/h6-10,12,20H,2-5,29H2,1H3,(H,31,32);1H/t10-,12-,20?;. The number of methoxy groups -OCH3 is 1. The number of hydrogen-bond donors (Lipinski definition) is 2. The number of esters is 1. The van der Waals surface area contributed by atoms with E-state index in [4.69, 9.17) is 22.1 Å². The van der Waals surface area contributed by atoms with Crippen molar-refractivity contribution in [1.29, 1.82) is 0 Å². The van der Waals surface area contributed by atoms with E-state index in [0.29, 0.717) is 37.4 Å². The number of hydrogen-bond acceptors (Lipinski definition) is 6. The van der Waals surface area contributed by atoms with Crippen LogP contribution < -0.4 is 11.1 Å². The summed E-state index contributed by atoms with van der Waals surface area (Å²) in [6, 6.07) is 1.44. The molecule has 0 spiro atoms. The number of halogens is 6. The van der Waals surface area contributed by atoms with E-state index in [1.807, 2.05) is 0 Å². The van der Waals surface area contributed by atoms with Crippen molar-refractivity contribution in [1.82, 2.24) is 10.3 Å². The number of aromatic nitrogens is 1. The lowest BCUT2D eigenvalue weighted by molar-refractivity contribution is -0.136. The summed E-state index contributed by atoms with van der Waals surface area (Å²) in [5.74, 6) is -5.45. The second-order valence-corrected chi connectivity index (χ2v) is 8.56. The maximum atomic E-state index is 14.6. The first-order valence-corrected chi connectivity index (χ1v) is 11.0. The van der Waals surface area contributed by atoms with E-state index < -0.39 is 40.3 Å². The molecule has 0 bridgehead atoms. The summed E-state index contributed by atoms with van der Waals surface area (Å²) in [6.45, 7) is 0. The Kier molecular flexibility index (Phi) is 8.40. The van der Waals surface area contributed by atoms with Crippen LogP contribution in [-0.4, -0.2) is 29.9 Å². The Labute approximate surface area is 210 Å². The zero-order valence-electron chi connectivity index (χ0n) is 18.5. The lowest BCUT2D eigenvalue weighted by Gasteiger charge is -2.34. The van der Waals surface area contributed by atoms with Gasteiger partial charge in [0.15, 0.2) is 23.3 Å². The second-order valence-electron chi connectivity index (χ2n) is 8.18. The van der Waals surface area contributed by atoms with Gasteiger partial charge in [-0.1, -0.05) is 17.7 Å². The molecule has 4 rings (SSSR count). The van der Waals surface area contributed by atoms with Gasteiger partial charge in [-0.05, 0) is 37.7 Å². The summed E-state index contributed by atoms with van der Waals surface area (Å²) < 4.78 is 61.2. The molecular weight excluding hydrogens is 511 g/mol. The molecular formula is C23H22Cl2F4N4O2. The first-order valence-electron chi connectivity index (χ1n) is 10.6. The third kappa shape index (κ3) is 5.29. The summed E-state index contributed by atoms with van der Waals surface area (Å²) in [4.78, 5) is 21.1. The normalized spacial score (nSPS) is 22.1. The van der Waals surface area contributed by atoms with Gasteiger partial charge < -0.3 is 15.8 Å². The molecule has 188 valence electrons. The average Bonchev–Trinajstić information content (AvgIpc) is 2.82. The summed E-state index contributed by atoms with van der Waals surface area (Å²) >= 11 is 6.11. The molecule has 1 aliphatic carbocycles. The first-order chi connectivity index (χ1) is 16.2. The summed E-state index contributed by atoms with van der Waals surface area (Å²) in [5.41, 5.74) is 6.10. The number of aliphatic imine (C=N–C) groups is 1. The number of benzene rings is 1. The Balaban J connectivity index is 0.00000342. The molecule has 6 nitrogen and oxygen atoms in total. The number of carbonyl (C=O) groups is 1. The number of nitrogens with two attached hydrogens (primary N) is 1. The van der Waals surface area contributed by atoms with E-state index >= 15 is 0 Å². The summed E-state index contributed by atoms with van der Waals surface area (Å²) in [6.07, 6.45) is 3.39. The molecule has 2 aliphatic rings. The Hall–Kier alpha value is -2.69. The van der Waals surface area contributed by atoms with Gasteiger partial charge in [0.2, 0.25) is 0 Å². The van der Waals surface area contributed by atoms with Gasteiger partial charge in [-0.2, -0.15) is 0 Å². The Morgan fingerprint density at radius 1 is 1.14 bits per heavy atom. The fourth-order valence-electron chi connectivity index (χ4n) is 4.32. The number of nitrogens with zero attached hydrogens (tertiary/aromatic N) is 2. The van der Waals surface area contributed by atoms with Crippen LogP contribution in [-0.2, 0) is 9.53 Å². The van der Waals surface area contributed by atoms with E-state index in [1.54, 1.807) is 0 Å². The number of rotatable bonds is 4. The molecule has 1 unspecified atom stereocenters. The Morgan fingerprint density at radius 3 is 2.46 bits per heavy atom. The molecule has 3 N–H and O–H groups in total. The van der Waals surface area contributed by atoms with E-state index in [1.165, 1.54) is 13.2 Å². The van der Waals surface area contributed by atoms with Crippen molar-refractivity contribution in [2.75, 3.05) is 7.11 Å². The average molecular weight is 533 g/mol. The van der Waals surface area contributed by atoms with Crippen LogP contribution in [0.25, 0.3) is 0 Å². The van der Waals surface area contributed by atoms with Gasteiger partial charge >= 0.3 is 5.97 Å². The molecule has 1 saturated carbocycles. The van der Waals surface area contributed by atoms with Crippen LogP contribution in [0.5, 0.6) is 0 Å². The van der Waals surface area contributed by atoms with Crippen LogP contribution in [0.4, 0.5) is 17.6 Å². The highest BCUT2D eigenvalue weighted by molar-refractivity contribution is 6.31. The molecule has 1 atom stereocenters. The molecule has 2 heterocycles. The largest absolute Gasteiger partial charge is 0.466 e. The minimum Gasteiger partial charge on any atom is -0.466 e. The number of ether oxygens (including phenoxy) is 1. The number of nitrogens with one attached hydrogen (secondary N) is 1. The van der Waals surface area contributed by atoms with Crippen LogP contribution >= 0.6 is 24.0 Å². The molecule has 35 heavy (non-hydrogen) atoms. The van der Waals surface area contributed by atoms with Gasteiger partial charge in [0.05, 0.1) is 23.9 Å². The van der Waals surface area contributed by atoms with Crippen LogP contribution in [0.3, 0.4) is 0 Å². The van der Waals surface area contributed by atoms with Gasteiger partial charge in [-0.25, -0.2) is 27.3 Å². The van der Waals surface area contributed by atoms with E-state index in [2.05, 4.69) is 15.3 Å². The van der Waals surface area contributed by atoms with Crippen LogP contribution in [0.1, 0.15) is 43.0 Å². The van der Waals surface area contributed by atoms with E-state index in [0.717, 1.165) is 12.3 Å². The summed E-state index contributed by atoms with van der Waals surface area (Å²) in [7, 11) is 1.17. The predicted molar refractivity (Wildman–Crippen MR) is 124 cm³/mol. The Morgan fingerprint density at radius 2 is 1.83 bits per heavy atom. The number of pyridine rings is 1. The van der Waals surface area contributed by atoms with Crippen molar-refractivity contribution in [3.8, 4) is 0 Å². The van der Waals surface area contributed by atoms with E-state index in [-0.39, 0.29) is 47.0 Å². The molecule has 0 saturated heterocycles. The molecule has 12 heteroatoms. The summed E-state index contributed by atoms with van der Waals surface area (Å²) in [5, 5.41) is 2.40. The van der Waals surface area contributed by atoms with Crippen molar-refractivity contribution < 1.29 is 27.1 Å². The molecule has 2 aromatic rings. The third-order valence-electron chi connectivity index (χ3n) is 6.05. The van der Waals surface area contributed by atoms with Gasteiger partial charge in [0.1, 0.15) is 17.6 Å². The van der Waals surface area contributed by atoms with Crippen LogP contribution in [0.15, 0.2) is 40.7 Å². The molecule has 1 fully saturated rings. The highest BCUT2D eigenvalue weighted by atomic mass is 35.5. The van der Waals surface area contributed by atoms with Gasteiger partial charge in [-0.3, -0.25) is 4.99 Å². The maximum Gasteiger partial charge on any atom is 0.338 e. The van der Waals surface area contributed by atoms with Crippen molar-refractivity contribution in [2.45, 2.75) is 37.8 Å². The number of amidine groups is 1. The van der Waals surface area contributed by atoms with Crippen LogP contribution in [0.2, 0.25) is 5.02 Å². The second kappa shape index (κ2) is 10.9. The van der Waals surface area contributed by atoms with Gasteiger partial charge in [-0.15, -0.1) is 12.4 Å². The van der Waals surface area contributed by atoms with Gasteiger partial charge in [0, 0.05) is 23.4 Å². The first kappa shape index (κ1) is 26.9. The lowest BCUT2D eigenvalue weighted by atomic mass is 9.80. The van der Waals surface area contributed by atoms with Crippen molar-refractivity contribution in [2.24, 2.45) is 16.6 Å². The zero-order valence-corrected chi connectivity index (χ0v) is 20.0. The van der Waals surface area contributed by atoms with E-state index in [9.17, 15) is 22.4 Å². The monoisotopic (exact) mass is 532 g/mol. The molecule has 1 aromatic heterocycles. The fraction of sp³-hybridized carbons (Fsp3) is 0.348. The fourth-order valence-corrected chi connectivity index (χ4v) is 4.57. The SMILES string of the molecule is COC(=O)C1=C([C@H]2CC[C@H](N)CC2)NC(c2ncc(F)cc2F)=NC1c1ccc(F)c(F)c1Cl.Cl. The number of allylic oxidation sites excluding steroid dienone is 1. The molecule has 0 amide bonds. The number of carbonyl (C=O) groups excluding carboxylic acids is 1. The highest BCUT2D eigenvalue weighted by Gasteiger charge is 2.38. The predicted octanol–water partition coefficient (Wildman–Crippen LogP) is 4.75.